The smallest absolute Gasteiger partial charge is 0.268 e. The number of hydrogen-bond acceptors (Lipinski definition) is 3. The normalized spacial score (nSPS) is 16.9. The predicted molar refractivity (Wildman–Crippen MR) is 104 cm³/mol. The van der Waals surface area contributed by atoms with Crippen LogP contribution in [-0.2, 0) is 22.5 Å². The molecule has 0 fully saturated rings. The van der Waals surface area contributed by atoms with Crippen LogP contribution in [0.1, 0.15) is 24.5 Å². The molecule has 3 rings (SSSR count). The minimum atomic E-state index is -0.151. The second kappa shape index (κ2) is 8.23. The molecule has 0 saturated carbocycles. The van der Waals surface area contributed by atoms with Crippen molar-refractivity contribution in [2.24, 2.45) is 10.9 Å². The van der Waals surface area contributed by atoms with Crippen molar-refractivity contribution in [3.63, 3.8) is 0 Å². The maximum Gasteiger partial charge on any atom is 0.268 e. The molecule has 0 aromatic heterocycles. The number of para-hydroxylation sites is 1. The zero-order valence-corrected chi connectivity index (χ0v) is 15.4. The predicted octanol–water partition coefficient (Wildman–Crippen LogP) is 3.54. The van der Waals surface area contributed by atoms with Gasteiger partial charge in [-0.2, -0.15) is 0 Å². The Kier molecular flexibility index (Phi) is 5.78. The number of fused-ring (bicyclic) bond motifs is 1. The average Bonchev–Trinajstić information content (AvgIpc) is 2.63. The van der Waals surface area contributed by atoms with E-state index in [9.17, 15) is 4.79 Å². The fourth-order valence-corrected chi connectivity index (χ4v) is 3.38. The van der Waals surface area contributed by atoms with Gasteiger partial charge in [0.1, 0.15) is 5.84 Å². The van der Waals surface area contributed by atoms with Gasteiger partial charge in [-0.3, -0.25) is 4.79 Å². The molecule has 0 bridgehead atoms. The molecular weight excluding hydrogens is 350 g/mol. The molecule has 0 aliphatic carbocycles. The molecule has 2 N–H and O–H groups in total. The summed E-state index contributed by atoms with van der Waals surface area (Å²) >= 11 is 6.11. The van der Waals surface area contributed by atoms with Gasteiger partial charge in [-0.1, -0.05) is 53.2 Å². The number of anilines is 1. The van der Waals surface area contributed by atoms with Crippen LogP contribution in [0, 0.1) is 0 Å². The lowest BCUT2D eigenvalue weighted by Gasteiger charge is -2.34. The van der Waals surface area contributed by atoms with E-state index in [-0.39, 0.29) is 24.4 Å². The van der Waals surface area contributed by atoms with Gasteiger partial charge in [0.05, 0.1) is 0 Å². The van der Waals surface area contributed by atoms with E-state index in [0.29, 0.717) is 11.4 Å². The summed E-state index contributed by atoms with van der Waals surface area (Å²) in [4.78, 5) is 19.6. The third-order valence-electron chi connectivity index (χ3n) is 4.49. The SMILES string of the molecule is C[C@H]1CCc2ccccc2N1C(=O)CO/N=C(\N)Cc1ccccc1Cl. The summed E-state index contributed by atoms with van der Waals surface area (Å²) in [6.45, 7) is 1.89. The molecule has 0 radical (unpaired) electrons. The molecule has 1 heterocycles. The lowest BCUT2D eigenvalue weighted by Crippen LogP contribution is -2.43. The zero-order valence-electron chi connectivity index (χ0n) is 14.7. The van der Waals surface area contributed by atoms with Gasteiger partial charge >= 0.3 is 0 Å². The van der Waals surface area contributed by atoms with E-state index in [0.717, 1.165) is 24.1 Å². The fourth-order valence-electron chi connectivity index (χ4n) is 3.18. The first-order chi connectivity index (χ1) is 12.6. The van der Waals surface area contributed by atoms with E-state index in [2.05, 4.69) is 11.2 Å². The Hall–Kier alpha value is -2.53. The molecular formula is C20H22ClN3O2. The van der Waals surface area contributed by atoms with Gasteiger partial charge in [0, 0.05) is 23.2 Å². The molecule has 136 valence electrons. The summed E-state index contributed by atoms with van der Waals surface area (Å²) in [5, 5.41) is 4.49. The average molecular weight is 372 g/mol. The van der Waals surface area contributed by atoms with Gasteiger partial charge in [-0.25, -0.2) is 0 Å². The van der Waals surface area contributed by atoms with Crippen LogP contribution in [0.2, 0.25) is 5.02 Å². The van der Waals surface area contributed by atoms with Crippen LogP contribution in [0.5, 0.6) is 0 Å². The summed E-state index contributed by atoms with van der Waals surface area (Å²) in [6.07, 6.45) is 2.28. The Bertz CT molecular complexity index is 822. The van der Waals surface area contributed by atoms with Gasteiger partial charge in [0.25, 0.3) is 5.91 Å². The summed E-state index contributed by atoms with van der Waals surface area (Å²) in [5.74, 6) is 0.150. The Morgan fingerprint density at radius 2 is 2.00 bits per heavy atom. The zero-order chi connectivity index (χ0) is 18.5. The first-order valence-electron chi connectivity index (χ1n) is 8.64. The highest BCUT2D eigenvalue weighted by molar-refractivity contribution is 6.31. The number of halogens is 1. The number of nitrogens with two attached hydrogens (primary N) is 1. The number of aryl methyl sites for hydroxylation is 1. The number of carbonyl (C=O) groups excluding carboxylic acids is 1. The van der Waals surface area contributed by atoms with Crippen molar-refractivity contribution < 1.29 is 9.63 Å². The second-order valence-electron chi connectivity index (χ2n) is 6.40. The first kappa shape index (κ1) is 18.3. The Balaban J connectivity index is 1.61. The van der Waals surface area contributed by atoms with Crippen LogP contribution >= 0.6 is 11.6 Å². The van der Waals surface area contributed by atoms with Gasteiger partial charge in [0.15, 0.2) is 6.61 Å². The molecule has 1 atom stereocenters. The maximum atomic E-state index is 12.6. The Labute approximate surface area is 158 Å². The number of carbonyl (C=O) groups is 1. The molecule has 0 spiro atoms. The van der Waals surface area contributed by atoms with Crippen LogP contribution in [0.25, 0.3) is 0 Å². The highest BCUT2D eigenvalue weighted by atomic mass is 35.5. The Morgan fingerprint density at radius 3 is 2.81 bits per heavy atom. The molecule has 5 nitrogen and oxygen atoms in total. The van der Waals surface area contributed by atoms with Gasteiger partial charge in [-0.05, 0) is 43.0 Å². The lowest BCUT2D eigenvalue weighted by atomic mass is 9.96. The minimum Gasteiger partial charge on any atom is -0.384 e. The summed E-state index contributed by atoms with van der Waals surface area (Å²) in [6, 6.07) is 15.5. The van der Waals surface area contributed by atoms with E-state index >= 15 is 0 Å². The minimum absolute atomic E-state index is 0.126. The largest absolute Gasteiger partial charge is 0.384 e. The van der Waals surface area contributed by atoms with Crippen molar-refractivity contribution in [1.29, 1.82) is 0 Å². The van der Waals surface area contributed by atoms with E-state index < -0.39 is 0 Å². The van der Waals surface area contributed by atoms with Crippen LogP contribution in [0.4, 0.5) is 5.69 Å². The van der Waals surface area contributed by atoms with Crippen molar-refractivity contribution in [3.8, 4) is 0 Å². The second-order valence-corrected chi connectivity index (χ2v) is 6.81. The summed E-state index contributed by atoms with van der Waals surface area (Å²) in [5.41, 5.74) is 8.88. The van der Waals surface area contributed by atoms with Gasteiger partial charge in [0.2, 0.25) is 0 Å². The highest BCUT2D eigenvalue weighted by Crippen LogP contribution is 2.30. The third kappa shape index (κ3) is 4.17. The molecule has 0 unspecified atom stereocenters. The third-order valence-corrected chi connectivity index (χ3v) is 4.86. The number of oxime groups is 1. The standard InChI is InChI=1S/C20H22ClN3O2/c1-14-10-11-15-6-3-5-9-18(15)24(14)20(25)13-26-23-19(22)12-16-7-2-4-8-17(16)21/h2-9,14H,10-13H2,1H3,(H2,22,23)/t14-/m0/s1. The highest BCUT2D eigenvalue weighted by Gasteiger charge is 2.28. The van der Waals surface area contributed by atoms with Crippen LogP contribution in [0.15, 0.2) is 53.7 Å². The molecule has 2 aromatic carbocycles. The van der Waals surface area contributed by atoms with Crippen LogP contribution < -0.4 is 10.6 Å². The molecule has 1 amide bonds. The van der Waals surface area contributed by atoms with Crippen molar-refractivity contribution in [1.82, 2.24) is 0 Å². The Morgan fingerprint density at radius 1 is 1.27 bits per heavy atom. The molecule has 0 saturated heterocycles. The quantitative estimate of drug-likeness (QED) is 0.496. The number of hydrogen-bond donors (Lipinski definition) is 1. The molecule has 1 aliphatic heterocycles. The lowest BCUT2D eigenvalue weighted by molar-refractivity contribution is -0.123. The number of amidine groups is 1. The van der Waals surface area contributed by atoms with E-state index in [4.69, 9.17) is 22.2 Å². The van der Waals surface area contributed by atoms with Crippen molar-refractivity contribution in [2.75, 3.05) is 11.5 Å². The van der Waals surface area contributed by atoms with Crippen molar-refractivity contribution in [3.05, 3.63) is 64.7 Å². The maximum absolute atomic E-state index is 12.6. The molecule has 6 heteroatoms. The molecule has 26 heavy (non-hydrogen) atoms. The number of amides is 1. The van der Waals surface area contributed by atoms with Crippen molar-refractivity contribution >= 4 is 29.0 Å². The molecule has 1 aliphatic rings. The van der Waals surface area contributed by atoms with Gasteiger partial charge < -0.3 is 15.5 Å². The van der Waals surface area contributed by atoms with Crippen LogP contribution in [0.3, 0.4) is 0 Å². The molecule has 2 aromatic rings. The van der Waals surface area contributed by atoms with E-state index in [1.807, 2.05) is 43.3 Å². The number of rotatable bonds is 5. The van der Waals surface area contributed by atoms with Crippen LogP contribution in [-0.4, -0.2) is 24.4 Å². The van der Waals surface area contributed by atoms with E-state index in [1.165, 1.54) is 5.56 Å². The summed E-state index contributed by atoms with van der Waals surface area (Å²) < 4.78 is 0. The van der Waals surface area contributed by atoms with Crippen molar-refractivity contribution in [2.45, 2.75) is 32.2 Å². The fraction of sp³-hybridized carbons (Fsp3) is 0.300. The monoisotopic (exact) mass is 371 g/mol. The topological polar surface area (TPSA) is 67.9 Å². The first-order valence-corrected chi connectivity index (χ1v) is 9.01. The summed E-state index contributed by atoms with van der Waals surface area (Å²) in [7, 11) is 0. The number of benzene rings is 2. The van der Waals surface area contributed by atoms with Gasteiger partial charge in [-0.15, -0.1) is 0 Å². The van der Waals surface area contributed by atoms with E-state index in [1.54, 1.807) is 11.0 Å². The number of nitrogens with zero attached hydrogens (tertiary/aromatic N) is 2.